The summed E-state index contributed by atoms with van der Waals surface area (Å²) < 4.78 is 5.12. The Balaban J connectivity index is 2.28. The molecule has 0 saturated carbocycles. The van der Waals surface area contributed by atoms with Crippen molar-refractivity contribution in [1.82, 2.24) is 4.98 Å². The molecule has 0 radical (unpaired) electrons. The second-order valence-electron chi connectivity index (χ2n) is 4.25. The Hall–Kier alpha value is -2.92. The molecule has 0 aliphatic heterocycles. The molecular weight excluding hydrogens is 304 g/mol. The Kier molecular flexibility index (Phi) is 4.70. The van der Waals surface area contributed by atoms with Crippen LogP contribution in [0.2, 0.25) is 0 Å². The van der Waals surface area contributed by atoms with Gasteiger partial charge in [0.05, 0.1) is 23.8 Å². The summed E-state index contributed by atoms with van der Waals surface area (Å²) in [5.41, 5.74) is 1.67. The molecule has 2 aromatic rings. The van der Waals surface area contributed by atoms with E-state index in [1.807, 2.05) is 12.3 Å². The lowest BCUT2D eigenvalue weighted by atomic mass is 10.2. The van der Waals surface area contributed by atoms with Crippen LogP contribution in [0.15, 0.2) is 29.8 Å². The normalized spacial score (nSPS) is 10.9. The summed E-state index contributed by atoms with van der Waals surface area (Å²) in [7, 11) is 1.42. The lowest BCUT2D eigenvalue weighted by Gasteiger charge is -2.08. The Morgan fingerprint density at radius 3 is 2.91 bits per heavy atom. The zero-order valence-electron chi connectivity index (χ0n) is 11.9. The van der Waals surface area contributed by atoms with Gasteiger partial charge in [0, 0.05) is 23.3 Å². The van der Waals surface area contributed by atoms with Crippen molar-refractivity contribution < 1.29 is 9.66 Å². The summed E-state index contributed by atoms with van der Waals surface area (Å²) in [6.07, 6.45) is 1.50. The number of thiazole rings is 1. The highest BCUT2D eigenvalue weighted by atomic mass is 32.1. The Labute approximate surface area is 130 Å². The Morgan fingerprint density at radius 2 is 2.36 bits per heavy atom. The second kappa shape index (κ2) is 6.69. The number of nitriles is 1. The minimum absolute atomic E-state index is 0.0672. The van der Waals surface area contributed by atoms with E-state index < -0.39 is 4.92 Å². The minimum atomic E-state index is -0.499. The largest absolute Gasteiger partial charge is 0.494 e. The zero-order valence-corrected chi connectivity index (χ0v) is 12.7. The third kappa shape index (κ3) is 3.39. The third-order valence-electron chi connectivity index (χ3n) is 2.74. The fourth-order valence-electron chi connectivity index (χ4n) is 1.68. The van der Waals surface area contributed by atoms with E-state index >= 15 is 0 Å². The van der Waals surface area contributed by atoms with Gasteiger partial charge in [-0.05, 0) is 13.0 Å². The molecule has 7 nitrogen and oxygen atoms in total. The molecule has 0 amide bonds. The number of benzene rings is 1. The van der Waals surface area contributed by atoms with E-state index in [-0.39, 0.29) is 5.69 Å². The van der Waals surface area contributed by atoms with E-state index in [1.54, 1.807) is 0 Å². The molecule has 8 heteroatoms. The molecule has 1 aromatic heterocycles. The van der Waals surface area contributed by atoms with Crippen molar-refractivity contribution in [2.75, 3.05) is 12.4 Å². The number of ether oxygens (including phenoxy) is 1. The van der Waals surface area contributed by atoms with Crippen molar-refractivity contribution in [3.05, 3.63) is 50.6 Å². The molecule has 112 valence electrons. The molecule has 0 unspecified atom stereocenters. The molecule has 1 aromatic carbocycles. The highest BCUT2D eigenvalue weighted by Gasteiger charge is 2.11. The number of hydrogen-bond donors (Lipinski definition) is 1. The van der Waals surface area contributed by atoms with Crippen LogP contribution in [-0.4, -0.2) is 17.0 Å². The van der Waals surface area contributed by atoms with Gasteiger partial charge in [0.25, 0.3) is 5.69 Å². The van der Waals surface area contributed by atoms with Crippen molar-refractivity contribution in [2.45, 2.75) is 6.92 Å². The number of nitrogens with one attached hydrogen (secondary N) is 1. The number of allylic oxidation sites excluding steroid dienone is 1. The number of nitro benzene ring substituents is 1. The number of aromatic nitrogens is 1. The smallest absolute Gasteiger partial charge is 0.273 e. The fourth-order valence-corrected chi connectivity index (χ4v) is 2.45. The van der Waals surface area contributed by atoms with Crippen molar-refractivity contribution in [3.8, 4) is 11.8 Å². The standard InChI is InChI=1S/C14H12N4O3S/c1-9-8-22-14(17-9)10(6-15)7-16-12-4-3-11(18(19)20)5-13(12)21-2/h3-5,7-8,16H,1-2H3/b10-7+. The van der Waals surface area contributed by atoms with Crippen LogP contribution in [0.3, 0.4) is 0 Å². The Morgan fingerprint density at radius 1 is 1.59 bits per heavy atom. The van der Waals surface area contributed by atoms with E-state index in [4.69, 9.17) is 4.74 Å². The summed E-state index contributed by atoms with van der Waals surface area (Å²) in [5.74, 6) is 0.318. The van der Waals surface area contributed by atoms with Gasteiger partial charge in [0.15, 0.2) is 0 Å². The number of hydrogen-bond acceptors (Lipinski definition) is 7. The molecule has 0 bridgehead atoms. The molecule has 2 rings (SSSR count). The van der Waals surface area contributed by atoms with Crippen LogP contribution in [0.4, 0.5) is 11.4 Å². The van der Waals surface area contributed by atoms with Crippen LogP contribution >= 0.6 is 11.3 Å². The van der Waals surface area contributed by atoms with Crippen molar-refractivity contribution >= 4 is 28.3 Å². The fraction of sp³-hybridized carbons (Fsp3) is 0.143. The van der Waals surface area contributed by atoms with Gasteiger partial charge in [-0.1, -0.05) is 0 Å². The SMILES string of the molecule is COc1cc([N+](=O)[O-])ccc1N/C=C(\C#N)c1nc(C)cs1. The van der Waals surface area contributed by atoms with E-state index in [9.17, 15) is 15.4 Å². The van der Waals surface area contributed by atoms with Gasteiger partial charge >= 0.3 is 0 Å². The average molecular weight is 316 g/mol. The van der Waals surface area contributed by atoms with E-state index in [0.717, 1.165) is 5.69 Å². The lowest BCUT2D eigenvalue weighted by molar-refractivity contribution is -0.384. The molecule has 0 atom stereocenters. The minimum Gasteiger partial charge on any atom is -0.494 e. The van der Waals surface area contributed by atoms with Gasteiger partial charge < -0.3 is 10.1 Å². The summed E-state index contributed by atoms with van der Waals surface area (Å²) >= 11 is 1.37. The highest BCUT2D eigenvalue weighted by Crippen LogP contribution is 2.29. The van der Waals surface area contributed by atoms with E-state index in [1.165, 1.54) is 42.8 Å². The molecule has 0 saturated heterocycles. The first kappa shape index (κ1) is 15.5. The van der Waals surface area contributed by atoms with Gasteiger partial charge in [-0.15, -0.1) is 11.3 Å². The van der Waals surface area contributed by atoms with Gasteiger partial charge in [0.1, 0.15) is 22.4 Å². The van der Waals surface area contributed by atoms with Crippen LogP contribution in [0, 0.1) is 28.4 Å². The zero-order chi connectivity index (χ0) is 16.1. The number of rotatable bonds is 5. The predicted octanol–water partition coefficient (Wildman–Crippen LogP) is 3.34. The number of anilines is 1. The molecule has 0 spiro atoms. The summed E-state index contributed by atoms with van der Waals surface area (Å²) in [5, 5.41) is 25.3. The van der Waals surface area contributed by atoms with E-state index in [0.29, 0.717) is 22.0 Å². The van der Waals surface area contributed by atoms with Gasteiger partial charge in [0.2, 0.25) is 0 Å². The van der Waals surface area contributed by atoms with Crippen molar-refractivity contribution in [3.63, 3.8) is 0 Å². The average Bonchev–Trinajstić information content (AvgIpc) is 2.94. The van der Waals surface area contributed by atoms with Gasteiger partial charge in [-0.2, -0.15) is 5.26 Å². The first-order valence-corrected chi connectivity index (χ1v) is 7.05. The molecule has 0 aliphatic rings. The summed E-state index contributed by atoms with van der Waals surface area (Å²) in [6, 6.07) is 6.26. The third-order valence-corrected chi connectivity index (χ3v) is 3.73. The molecule has 0 fully saturated rings. The first-order valence-electron chi connectivity index (χ1n) is 6.17. The maximum atomic E-state index is 10.7. The predicted molar refractivity (Wildman–Crippen MR) is 83.7 cm³/mol. The first-order chi connectivity index (χ1) is 10.5. The number of aryl methyl sites for hydroxylation is 1. The van der Waals surface area contributed by atoms with Gasteiger partial charge in [-0.3, -0.25) is 10.1 Å². The molecule has 0 aliphatic carbocycles. The van der Waals surface area contributed by atoms with Gasteiger partial charge in [-0.25, -0.2) is 4.98 Å². The topological polar surface area (TPSA) is 101 Å². The maximum Gasteiger partial charge on any atom is 0.273 e. The molecule has 1 N–H and O–H groups in total. The van der Waals surface area contributed by atoms with Crippen LogP contribution in [-0.2, 0) is 0 Å². The van der Waals surface area contributed by atoms with Crippen molar-refractivity contribution in [1.29, 1.82) is 5.26 Å². The number of non-ortho nitro benzene ring substituents is 1. The number of methoxy groups -OCH3 is 1. The Bertz CT molecular complexity index is 777. The lowest BCUT2D eigenvalue weighted by Crippen LogP contribution is -1.96. The molecule has 22 heavy (non-hydrogen) atoms. The van der Waals surface area contributed by atoms with Crippen LogP contribution in [0.1, 0.15) is 10.7 Å². The van der Waals surface area contributed by atoms with Crippen molar-refractivity contribution in [2.24, 2.45) is 0 Å². The molecule has 1 heterocycles. The number of nitro groups is 1. The van der Waals surface area contributed by atoms with E-state index in [2.05, 4.69) is 16.4 Å². The summed E-state index contributed by atoms with van der Waals surface area (Å²) in [4.78, 5) is 14.5. The van der Waals surface area contributed by atoms with Crippen LogP contribution in [0.25, 0.3) is 5.57 Å². The maximum absolute atomic E-state index is 10.7. The highest BCUT2D eigenvalue weighted by molar-refractivity contribution is 7.10. The number of nitrogens with zero attached hydrogens (tertiary/aromatic N) is 3. The second-order valence-corrected chi connectivity index (χ2v) is 5.11. The molecular formula is C14H12N4O3S. The monoisotopic (exact) mass is 316 g/mol. The van der Waals surface area contributed by atoms with Crippen LogP contribution in [0.5, 0.6) is 5.75 Å². The quantitative estimate of drug-likeness (QED) is 0.515. The van der Waals surface area contributed by atoms with Crippen LogP contribution < -0.4 is 10.1 Å². The summed E-state index contributed by atoms with van der Waals surface area (Å²) in [6.45, 7) is 1.85.